The highest BCUT2D eigenvalue weighted by Crippen LogP contribution is 2.12. The van der Waals surface area contributed by atoms with Crippen molar-refractivity contribution in [3.8, 4) is 5.69 Å². The number of imidazole rings is 1. The number of aromatic nitrogens is 2. The van der Waals surface area contributed by atoms with Gasteiger partial charge in [0.05, 0.1) is 19.4 Å². The number of hydrogen-bond donors (Lipinski definition) is 3. The third kappa shape index (κ3) is 5.27. The number of nitrogens with zero attached hydrogens (tertiary/aromatic N) is 2. The van der Waals surface area contributed by atoms with E-state index < -0.39 is 5.91 Å². The van der Waals surface area contributed by atoms with Gasteiger partial charge in [0.2, 0.25) is 17.7 Å². The van der Waals surface area contributed by atoms with Gasteiger partial charge in [-0.05, 0) is 24.3 Å². The summed E-state index contributed by atoms with van der Waals surface area (Å²) in [4.78, 5) is 37.7. The van der Waals surface area contributed by atoms with Gasteiger partial charge in [-0.25, -0.2) is 4.98 Å². The van der Waals surface area contributed by atoms with Gasteiger partial charge < -0.3 is 20.5 Å². The number of anilines is 1. The maximum Gasteiger partial charge on any atom is 0.243 e. The van der Waals surface area contributed by atoms with Gasteiger partial charge in [-0.2, -0.15) is 0 Å². The average molecular weight is 315 g/mol. The van der Waals surface area contributed by atoms with Crippen LogP contribution in [-0.2, 0) is 14.4 Å². The van der Waals surface area contributed by atoms with Crippen molar-refractivity contribution in [2.45, 2.75) is 6.92 Å². The highest BCUT2D eigenvalue weighted by Gasteiger charge is 2.06. The van der Waals surface area contributed by atoms with Crippen molar-refractivity contribution < 1.29 is 14.4 Å². The number of benzene rings is 1. The molecule has 8 heteroatoms. The standard InChI is InChI=1S/C15H17N5O3/c1-11(21)17-8-14(22)18-9-15(23)19-12-2-4-13(5-3-12)20-7-6-16-10-20/h2-7,10H,8-9H2,1H3,(H,17,21)(H,18,22)(H,19,23). The van der Waals surface area contributed by atoms with Crippen LogP contribution in [0.4, 0.5) is 5.69 Å². The fourth-order valence-corrected chi connectivity index (χ4v) is 1.78. The van der Waals surface area contributed by atoms with Crippen molar-refractivity contribution in [3.63, 3.8) is 0 Å². The van der Waals surface area contributed by atoms with Crippen molar-refractivity contribution in [3.05, 3.63) is 43.0 Å². The first-order valence-electron chi connectivity index (χ1n) is 6.94. The van der Waals surface area contributed by atoms with Gasteiger partial charge >= 0.3 is 0 Å². The lowest BCUT2D eigenvalue weighted by atomic mass is 10.2. The van der Waals surface area contributed by atoms with Crippen LogP contribution in [0.25, 0.3) is 5.69 Å². The van der Waals surface area contributed by atoms with E-state index in [0.717, 1.165) is 5.69 Å². The predicted molar refractivity (Wildman–Crippen MR) is 83.9 cm³/mol. The van der Waals surface area contributed by atoms with Crippen molar-refractivity contribution in [1.82, 2.24) is 20.2 Å². The Hall–Kier alpha value is -3.16. The second-order valence-electron chi connectivity index (χ2n) is 4.75. The van der Waals surface area contributed by atoms with E-state index in [4.69, 9.17) is 0 Å². The molecule has 0 unspecified atom stereocenters. The predicted octanol–water partition coefficient (Wildman–Crippen LogP) is 0.0631. The number of carbonyl (C=O) groups is 3. The largest absolute Gasteiger partial charge is 0.347 e. The molecule has 0 spiro atoms. The minimum absolute atomic E-state index is 0.151. The van der Waals surface area contributed by atoms with E-state index in [-0.39, 0.29) is 24.9 Å². The van der Waals surface area contributed by atoms with Crippen LogP contribution in [0, 0.1) is 0 Å². The third-order valence-corrected chi connectivity index (χ3v) is 2.90. The average Bonchev–Trinajstić information content (AvgIpc) is 3.06. The van der Waals surface area contributed by atoms with Crippen molar-refractivity contribution in [2.75, 3.05) is 18.4 Å². The first-order chi connectivity index (χ1) is 11.0. The van der Waals surface area contributed by atoms with E-state index in [1.54, 1.807) is 24.7 Å². The van der Waals surface area contributed by atoms with Crippen molar-refractivity contribution in [1.29, 1.82) is 0 Å². The molecule has 0 bridgehead atoms. The Balaban J connectivity index is 1.79. The maximum atomic E-state index is 11.7. The van der Waals surface area contributed by atoms with Gasteiger partial charge in [0.1, 0.15) is 0 Å². The third-order valence-electron chi connectivity index (χ3n) is 2.90. The Bertz CT molecular complexity index is 680. The highest BCUT2D eigenvalue weighted by atomic mass is 16.2. The van der Waals surface area contributed by atoms with E-state index in [2.05, 4.69) is 20.9 Å². The summed E-state index contributed by atoms with van der Waals surface area (Å²) in [6.07, 6.45) is 5.18. The molecule has 1 aromatic heterocycles. The Morgan fingerprint density at radius 2 is 1.74 bits per heavy atom. The summed E-state index contributed by atoms with van der Waals surface area (Å²) >= 11 is 0. The Labute approximate surface area is 132 Å². The van der Waals surface area contributed by atoms with Gasteiger partial charge in [0.25, 0.3) is 0 Å². The molecule has 1 aromatic carbocycles. The van der Waals surface area contributed by atoms with Crippen LogP contribution in [0.15, 0.2) is 43.0 Å². The zero-order valence-electron chi connectivity index (χ0n) is 12.6. The molecule has 3 N–H and O–H groups in total. The number of nitrogens with one attached hydrogen (secondary N) is 3. The fraction of sp³-hybridized carbons (Fsp3) is 0.200. The second kappa shape index (κ2) is 7.74. The minimum atomic E-state index is -0.425. The SMILES string of the molecule is CC(=O)NCC(=O)NCC(=O)Nc1ccc(-n2ccnc2)cc1. The highest BCUT2D eigenvalue weighted by molar-refractivity contribution is 5.95. The lowest BCUT2D eigenvalue weighted by molar-refractivity contribution is -0.126. The van der Waals surface area contributed by atoms with Gasteiger partial charge in [0.15, 0.2) is 0 Å². The summed E-state index contributed by atoms with van der Waals surface area (Å²) in [6, 6.07) is 7.19. The molecule has 2 rings (SSSR count). The van der Waals surface area contributed by atoms with Crippen LogP contribution in [-0.4, -0.2) is 40.4 Å². The van der Waals surface area contributed by atoms with Gasteiger partial charge in [-0.3, -0.25) is 14.4 Å². The molecular weight excluding hydrogens is 298 g/mol. The molecule has 8 nitrogen and oxygen atoms in total. The molecule has 0 atom stereocenters. The topological polar surface area (TPSA) is 105 Å². The Kier molecular flexibility index (Phi) is 5.45. The van der Waals surface area contributed by atoms with Crippen LogP contribution in [0.1, 0.15) is 6.92 Å². The second-order valence-corrected chi connectivity index (χ2v) is 4.75. The summed E-state index contributed by atoms with van der Waals surface area (Å²) in [6.45, 7) is 0.997. The first kappa shape index (κ1) is 16.2. The first-order valence-corrected chi connectivity index (χ1v) is 6.94. The van der Waals surface area contributed by atoms with E-state index in [9.17, 15) is 14.4 Å². The summed E-state index contributed by atoms with van der Waals surface area (Å²) in [5, 5.41) is 7.43. The summed E-state index contributed by atoms with van der Waals surface area (Å²) in [5.74, 6) is -1.08. The lowest BCUT2D eigenvalue weighted by Gasteiger charge is -2.08. The normalized spacial score (nSPS) is 9.96. The number of carbonyl (C=O) groups excluding carboxylic acids is 3. The van der Waals surface area contributed by atoms with Crippen LogP contribution in [0.5, 0.6) is 0 Å². The number of rotatable bonds is 6. The quantitative estimate of drug-likeness (QED) is 0.701. The Morgan fingerprint density at radius 1 is 1.04 bits per heavy atom. The molecule has 0 radical (unpaired) electrons. The van der Waals surface area contributed by atoms with E-state index in [1.165, 1.54) is 6.92 Å². The van der Waals surface area contributed by atoms with E-state index in [1.807, 2.05) is 22.9 Å². The van der Waals surface area contributed by atoms with Crippen LogP contribution >= 0.6 is 0 Å². The van der Waals surface area contributed by atoms with Crippen molar-refractivity contribution >= 4 is 23.4 Å². The van der Waals surface area contributed by atoms with Gasteiger partial charge in [-0.1, -0.05) is 0 Å². The number of amides is 3. The van der Waals surface area contributed by atoms with Crippen molar-refractivity contribution in [2.24, 2.45) is 0 Å². The Morgan fingerprint density at radius 3 is 2.35 bits per heavy atom. The van der Waals surface area contributed by atoms with Crippen LogP contribution in [0.2, 0.25) is 0 Å². The summed E-state index contributed by atoms with van der Waals surface area (Å²) < 4.78 is 1.84. The molecule has 2 aromatic rings. The van der Waals surface area contributed by atoms with Gasteiger partial charge in [-0.15, -0.1) is 0 Å². The zero-order valence-corrected chi connectivity index (χ0v) is 12.6. The van der Waals surface area contributed by atoms with E-state index in [0.29, 0.717) is 5.69 Å². The number of hydrogen-bond acceptors (Lipinski definition) is 4. The summed E-state index contributed by atoms with van der Waals surface area (Å²) in [5.41, 5.74) is 1.54. The molecule has 0 aliphatic heterocycles. The molecule has 0 aliphatic rings. The zero-order chi connectivity index (χ0) is 16.7. The van der Waals surface area contributed by atoms with Crippen LogP contribution in [0.3, 0.4) is 0 Å². The maximum absolute atomic E-state index is 11.7. The molecular formula is C15H17N5O3. The molecule has 120 valence electrons. The monoisotopic (exact) mass is 315 g/mol. The van der Waals surface area contributed by atoms with Crippen LogP contribution < -0.4 is 16.0 Å². The minimum Gasteiger partial charge on any atom is -0.347 e. The molecule has 23 heavy (non-hydrogen) atoms. The summed E-state index contributed by atoms with van der Waals surface area (Å²) in [7, 11) is 0. The molecule has 1 heterocycles. The molecule has 0 saturated heterocycles. The molecule has 3 amide bonds. The van der Waals surface area contributed by atoms with E-state index >= 15 is 0 Å². The fourth-order valence-electron chi connectivity index (χ4n) is 1.78. The molecule has 0 fully saturated rings. The smallest absolute Gasteiger partial charge is 0.243 e. The molecule has 0 saturated carbocycles. The lowest BCUT2D eigenvalue weighted by Crippen LogP contribution is -2.39. The molecule has 0 aliphatic carbocycles. The van der Waals surface area contributed by atoms with Gasteiger partial charge in [0, 0.05) is 30.7 Å².